The van der Waals surface area contributed by atoms with Crippen LogP contribution in [0.25, 0.3) is 0 Å². The molecule has 8 heteroatoms. The molecule has 3 amide bonds. The second kappa shape index (κ2) is 9.99. The van der Waals surface area contributed by atoms with Gasteiger partial charge in [-0.1, -0.05) is 35.9 Å². The molecule has 0 fully saturated rings. The number of halogens is 1. The monoisotopic (exact) mass is 406 g/mol. The molecule has 0 bridgehead atoms. The lowest BCUT2D eigenvalue weighted by Crippen LogP contribution is -2.37. The Bertz CT molecular complexity index is 857. The van der Waals surface area contributed by atoms with Crippen LogP contribution in [0.15, 0.2) is 47.4 Å². The van der Waals surface area contributed by atoms with Crippen molar-refractivity contribution in [1.82, 2.24) is 5.32 Å². The van der Waals surface area contributed by atoms with Gasteiger partial charge in [-0.05, 0) is 43.2 Å². The Kier molecular flexibility index (Phi) is 7.69. The molecule has 0 unspecified atom stereocenters. The van der Waals surface area contributed by atoms with Crippen LogP contribution in [0.4, 0.5) is 10.5 Å². The van der Waals surface area contributed by atoms with Crippen LogP contribution < -0.4 is 10.6 Å². The summed E-state index contributed by atoms with van der Waals surface area (Å²) in [7, 11) is 0. The molecule has 0 aliphatic carbocycles. The van der Waals surface area contributed by atoms with Crippen LogP contribution in [0.2, 0.25) is 5.02 Å². The summed E-state index contributed by atoms with van der Waals surface area (Å²) < 4.78 is 4.86. The highest BCUT2D eigenvalue weighted by molar-refractivity contribution is 8.00. The van der Waals surface area contributed by atoms with Crippen molar-refractivity contribution in [1.29, 1.82) is 0 Å². The van der Waals surface area contributed by atoms with Crippen molar-refractivity contribution >= 4 is 47.0 Å². The summed E-state index contributed by atoms with van der Waals surface area (Å²) in [6.07, 6.45) is 0. The summed E-state index contributed by atoms with van der Waals surface area (Å²) in [5.74, 6) is -1.29. The van der Waals surface area contributed by atoms with Gasteiger partial charge in [0.05, 0.1) is 10.8 Å². The Hall–Kier alpha value is -2.51. The molecule has 27 heavy (non-hydrogen) atoms. The van der Waals surface area contributed by atoms with Crippen molar-refractivity contribution in [3.8, 4) is 0 Å². The number of rotatable bonds is 6. The molecule has 0 atom stereocenters. The van der Waals surface area contributed by atoms with Crippen LogP contribution in [0, 0.1) is 13.8 Å². The number of benzene rings is 2. The van der Waals surface area contributed by atoms with Gasteiger partial charge >= 0.3 is 12.0 Å². The Labute approximate surface area is 166 Å². The standard InChI is InChI=1S/C19H19ClN2O4S/c1-12-6-5-8-15(13(12)2)21-19(25)22-17(23)10-26-18(24)11-27-16-9-4-3-7-14(16)20/h3-9H,10-11H2,1-2H3,(H2,21,22,23,25). The number of aryl methyl sites for hydroxylation is 1. The molecule has 0 heterocycles. The third kappa shape index (κ3) is 6.62. The average Bonchev–Trinajstić information content (AvgIpc) is 2.63. The van der Waals surface area contributed by atoms with Gasteiger partial charge in [-0.3, -0.25) is 14.9 Å². The number of hydrogen-bond donors (Lipinski definition) is 2. The number of hydrogen-bond acceptors (Lipinski definition) is 5. The lowest BCUT2D eigenvalue weighted by atomic mass is 10.1. The molecule has 0 aliphatic heterocycles. The van der Waals surface area contributed by atoms with Crippen molar-refractivity contribution in [2.75, 3.05) is 17.7 Å². The number of carbonyl (C=O) groups is 3. The van der Waals surface area contributed by atoms with Crippen LogP contribution in [-0.2, 0) is 14.3 Å². The molecule has 6 nitrogen and oxygen atoms in total. The molecule has 142 valence electrons. The van der Waals surface area contributed by atoms with Crippen molar-refractivity contribution in [2.45, 2.75) is 18.7 Å². The Balaban J connectivity index is 1.73. The number of thioether (sulfide) groups is 1. The summed E-state index contributed by atoms with van der Waals surface area (Å²) in [4.78, 5) is 36.1. The van der Waals surface area contributed by atoms with Crippen molar-refractivity contribution < 1.29 is 19.1 Å². The van der Waals surface area contributed by atoms with Crippen LogP contribution >= 0.6 is 23.4 Å². The number of ether oxygens (including phenoxy) is 1. The number of urea groups is 1. The van der Waals surface area contributed by atoms with Gasteiger partial charge in [0.15, 0.2) is 6.61 Å². The predicted octanol–water partition coefficient (Wildman–Crippen LogP) is 3.94. The SMILES string of the molecule is Cc1cccc(NC(=O)NC(=O)COC(=O)CSc2ccccc2Cl)c1C. The zero-order valence-electron chi connectivity index (χ0n) is 14.9. The van der Waals surface area contributed by atoms with Gasteiger partial charge < -0.3 is 10.1 Å². The second-order valence-corrected chi connectivity index (χ2v) is 7.05. The molecular formula is C19H19ClN2O4S. The normalized spacial score (nSPS) is 10.2. The van der Waals surface area contributed by atoms with Gasteiger partial charge in [0, 0.05) is 10.6 Å². The van der Waals surface area contributed by atoms with E-state index < -0.39 is 24.5 Å². The van der Waals surface area contributed by atoms with Crippen molar-refractivity contribution in [2.24, 2.45) is 0 Å². The van der Waals surface area contributed by atoms with E-state index in [0.29, 0.717) is 10.7 Å². The minimum absolute atomic E-state index is 0.00565. The van der Waals surface area contributed by atoms with E-state index in [4.69, 9.17) is 16.3 Å². The van der Waals surface area contributed by atoms with Crippen LogP contribution in [-0.4, -0.2) is 30.3 Å². The number of anilines is 1. The van der Waals surface area contributed by atoms with Gasteiger partial charge in [-0.15, -0.1) is 11.8 Å². The van der Waals surface area contributed by atoms with E-state index >= 15 is 0 Å². The maximum Gasteiger partial charge on any atom is 0.325 e. The van der Waals surface area contributed by atoms with Gasteiger partial charge in [-0.2, -0.15) is 0 Å². The predicted molar refractivity (Wildman–Crippen MR) is 106 cm³/mol. The van der Waals surface area contributed by atoms with E-state index in [9.17, 15) is 14.4 Å². The van der Waals surface area contributed by atoms with Gasteiger partial charge in [-0.25, -0.2) is 4.79 Å². The molecule has 2 aromatic carbocycles. The number of carbonyl (C=O) groups excluding carboxylic acids is 3. The fraction of sp³-hybridized carbons (Fsp3) is 0.211. The second-order valence-electron chi connectivity index (χ2n) is 5.63. The quantitative estimate of drug-likeness (QED) is 0.560. The minimum atomic E-state index is -0.714. The number of nitrogens with one attached hydrogen (secondary N) is 2. The Morgan fingerprint density at radius 2 is 1.81 bits per heavy atom. The van der Waals surface area contributed by atoms with E-state index in [1.165, 1.54) is 11.8 Å². The van der Waals surface area contributed by atoms with E-state index in [2.05, 4.69) is 10.6 Å². The zero-order chi connectivity index (χ0) is 19.8. The van der Waals surface area contributed by atoms with Crippen LogP contribution in [0.3, 0.4) is 0 Å². The topological polar surface area (TPSA) is 84.5 Å². The zero-order valence-corrected chi connectivity index (χ0v) is 16.4. The van der Waals surface area contributed by atoms with E-state index in [1.54, 1.807) is 30.3 Å². The molecular weight excluding hydrogens is 388 g/mol. The third-order valence-electron chi connectivity index (χ3n) is 3.65. The molecule has 0 aromatic heterocycles. The lowest BCUT2D eigenvalue weighted by Gasteiger charge is -2.11. The lowest BCUT2D eigenvalue weighted by molar-refractivity contribution is -0.145. The number of esters is 1. The molecule has 2 aromatic rings. The molecule has 0 aliphatic rings. The maximum atomic E-state index is 11.9. The first-order valence-electron chi connectivity index (χ1n) is 8.07. The fourth-order valence-electron chi connectivity index (χ4n) is 2.09. The van der Waals surface area contributed by atoms with E-state index in [-0.39, 0.29) is 5.75 Å². The number of amides is 3. The Morgan fingerprint density at radius 1 is 1.07 bits per heavy atom. The van der Waals surface area contributed by atoms with Gasteiger partial charge in [0.2, 0.25) is 0 Å². The van der Waals surface area contributed by atoms with E-state index in [0.717, 1.165) is 16.0 Å². The molecule has 0 radical (unpaired) electrons. The smallest absolute Gasteiger partial charge is 0.325 e. The third-order valence-corrected chi connectivity index (χ3v) is 5.14. The molecule has 2 N–H and O–H groups in total. The molecule has 0 saturated carbocycles. The summed E-state index contributed by atoms with van der Waals surface area (Å²) in [6, 6.07) is 11.9. The van der Waals surface area contributed by atoms with Gasteiger partial charge in [0.25, 0.3) is 5.91 Å². The molecule has 2 rings (SSSR count). The Morgan fingerprint density at radius 3 is 2.56 bits per heavy atom. The van der Waals surface area contributed by atoms with Crippen molar-refractivity contribution in [3.05, 3.63) is 58.6 Å². The average molecular weight is 407 g/mol. The van der Waals surface area contributed by atoms with Crippen LogP contribution in [0.5, 0.6) is 0 Å². The first-order valence-corrected chi connectivity index (χ1v) is 9.43. The summed E-state index contributed by atoms with van der Waals surface area (Å²) in [6.45, 7) is 3.25. The first kappa shape index (κ1) is 20.8. The highest BCUT2D eigenvalue weighted by Gasteiger charge is 2.13. The van der Waals surface area contributed by atoms with Crippen LogP contribution in [0.1, 0.15) is 11.1 Å². The summed E-state index contributed by atoms with van der Waals surface area (Å²) in [5, 5.41) is 5.25. The summed E-state index contributed by atoms with van der Waals surface area (Å²) in [5.41, 5.74) is 2.53. The van der Waals surface area contributed by atoms with Crippen molar-refractivity contribution in [3.63, 3.8) is 0 Å². The highest BCUT2D eigenvalue weighted by atomic mass is 35.5. The highest BCUT2D eigenvalue weighted by Crippen LogP contribution is 2.26. The molecule has 0 saturated heterocycles. The van der Waals surface area contributed by atoms with E-state index in [1.807, 2.05) is 26.0 Å². The van der Waals surface area contributed by atoms with Gasteiger partial charge in [0.1, 0.15) is 0 Å². The minimum Gasteiger partial charge on any atom is -0.455 e. The largest absolute Gasteiger partial charge is 0.455 e. The maximum absolute atomic E-state index is 11.9. The molecule has 0 spiro atoms. The first-order chi connectivity index (χ1) is 12.9. The summed E-state index contributed by atoms with van der Waals surface area (Å²) >= 11 is 7.21. The fourth-order valence-corrected chi connectivity index (χ4v) is 3.13. The number of imide groups is 1.